The van der Waals surface area contributed by atoms with Crippen LogP contribution in [0.1, 0.15) is 15.9 Å². The van der Waals surface area contributed by atoms with E-state index in [1.165, 1.54) is 18.5 Å². The molecule has 1 aromatic carbocycles. The maximum atomic E-state index is 12.2. The van der Waals surface area contributed by atoms with Crippen molar-refractivity contribution in [2.24, 2.45) is 5.16 Å². The van der Waals surface area contributed by atoms with Crippen molar-refractivity contribution >= 4 is 23.1 Å². The zero-order valence-electron chi connectivity index (χ0n) is 9.25. The number of rotatable bonds is 3. The predicted octanol–water partition coefficient (Wildman–Crippen LogP) is 2.80. The van der Waals surface area contributed by atoms with E-state index in [-0.39, 0.29) is 10.7 Å². The number of ketones is 1. The summed E-state index contributed by atoms with van der Waals surface area (Å²) in [5.74, 6) is -0.397. The first-order valence-corrected chi connectivity index (χ1v) is 5.53. The Morgan fingerprint density at radius 1 is 1.22 bits per heavy atom. The monoisotopic (exact) mass is 260 g/mol. The molecule has 0 atom stereocenters. The summed E-state index contributed by atoms with van der Waals surface area (Å²) in [6.07, 6.45) is 2.87. The molecule has 18 heavy (non-hydrogen) atoms. The molecular weight excluding hydrogens is 252 g/mol. The summed E-state index contributed by atoms with van der Waals surface area (Å²) >= 11 is 5.92. The van der Waals surface area contributed by atoms with Crippen LogP contribution in [0.2, 0.25) is 5.02 Å². The minimum atomic E-state index is -0.397. The molecule has 0 aliphatic heterocycles. The number of hydrogen-bond donors (Lipinski definition) is 1. The van der Waals surface area contributed by atoms with Crippen LogP contribution in [0, 0.1) is 0 Å². The van der Waals surface area contributed by atoms with Crippen LogP contribution in [0.25, 0.3) is 0 Å². The van der Waals surface area contributed by atoms with Crippen LogP contribution in [0.3, 0.4) is 0 Å². The molecule has 1 heterocycles. The Hall–Kier alpha value is -2.20. The molecule has 90 valence electrons. The second kappa shape index (κ2) is 5.42. The first kappa shape index (κ1) is 12.3. The van der Waals surface area contributed by atoms with E-state index in [0.717, 1.165) is 0 Å². The van der Waals surface area contributed by atoms with Crippen molar-refractivity contribution < 1.29 is 10.0 Å². The van der Waals surface area contributed by atoms with Crippen LogP contribution in [0.5, 0.6) is 0 Å². The van der Waals surface area contributed by atoms with Crippen molar-refractivity contribution in [2.75, 3.05) is 0 Å². The second-order valence-corrected chi connectivity index (χ2v) is 3.91. The van der Waals surface area contributed by atoms with Gasteiger partial charge in [-0.3, -0.25) is 9.78 Å². The standard InChI is InChI=1S/C13H9ClN2O2/c14-11-8-15-7-6-10(11)12(16-18)13(17)9-4-2-1-3-5-9/h1-8,18H. The van der Waals surface area contributed by atoms with Crippen molar-refractivity contribution in [3.8, 4) is 0 Å². The highest BCUT2D eigenvalue weighted by Crippen LogP contribution is 2.17. The third-order valence-corrected chi connectivity index (χ3v) is 2.68. The fourth-order valence-corrected chi connectivity index (χ4v) is 1.72. The number of aromatic nitrogens is 1. The van der Waals surface area contributed by atoms with Crippen molar-refractivity contribution in [2.45, 2.75) is 0 Å². The molecule has 0 unspecified atom stereocenters. The largest absolute Gasteiger partial charge is 0.410 e. The van der Waals surface area contributed by atoms with E-state index in [1.54, 1.807) is 30.3 Å². The van der Waals surface area contributed by atoms with Crippen LogP contribution >= 0.6 is 11.6 Å². The Kier molecular flexibility index (Phi) is 3.69. The van der Waals surface area contributed by atoms with Crippen LogP contribution < -0.4 is 0 Å². The third-order valence-electron chi connectivity index (χ3n) is 2.38. The maximum Gasteiger partial charge on any atom is 0.215 e. The number of carbonyl (C=O) groups is 1. The number of benzene rings is 1. The lowest BCUT2D eigenvalue weighted by Crippen LogP contribution is -2.16. The number of halogens is 1. The van der Waals surface area contributed by atoms with Gasteiger partial charge in [0.15, 0.2) is 5.71 Å². The zero-order valence-corrected chi connectivity index (χ0v) is 10.0. The van der Waals surface area contributed by atoms with E-state index < -0.39 is 5.78 Å². The molecule has 0 aliphatic carbocycles. The van der Waals surface area contributed by atoms with Crippen LogP contribution in [0.15, 0.2) is 53.9 Å². The highest BCUT2D eigenvalue weighted by Gasteiger charge is 2.19. The summed E-state index contributed by atoms with van der Waals surface area (Å²) in [4.78, 5) is 16.0. The molecule has 0 amide bonds. The number of pyridine rings is 1. The average molecular weight is 261 g/mol. The van der Waals surface area contributed by atoms with Gasteiger partial charge in [0.1, 0.15) is 0 Å². The van der Waals surface area contributed by atoms with Crippen molar-refractivity contribution in [3.63, 3.8) is 0 Å². The lowest BCUT2D eigenvalue weighted by molar-refractivity contribution is 0.106. The molecule has 0 saturated heterocycles. The third kappa shape index (κ3) is 2.38. The van der Waals surface area contributed by atoms with E-state index >= 15 is 0 Å². The molecule has 5 heteroatoms. The fraction of sp³-hybridized carbons (Fsp3) is 0. The minimum absolute atomic E-state index is 0.103. The van der Waals surface area contributed by atoms with Gasteiger partial charge in [-0.2, -0.15) is 0 Å². The number of hydrogen-bond acceptors (Lipinski definition) is 4. The fourth-order valence-electron chi connectivity index (χ4n) is 1.52. The Morgan fingerprint density at radius 2 is 1.94 bits per heavy atom. The summed E-state index contributed by atoms with van der Waals surface area (Å²) in [6, 6.07) is 10.1. The molecule has 0 fully saturated rings. The summed E-state index contributed by atoms with van der Waals surface area (Å²) in [7, 11) is 0. The van der Waals surface area contributed by atoms with Gasteiger partial charge < -0.3 is 5.21 Å². The molecular formula is C13H9ClN2O2. The van der Waals surface area contributed by atoms with E-state index in [0.29, 0.717) is 11.1 Å². The predicted molar refractivity (Wildman–Crippen MR) is 68.3 cm³/mol. The normalized spacial score (nSPS) is 11.3. The molecule has 2 rings (SSSR count). The minimum Gasteiger partial charge on any atom is -0.410 e. The van der Waals surface area contributed by atoms with Gasteiger partial charge in [-0.15, -0.1) is 0 Å². The van der Waals surface area contributed by atoms with E-state index in [9.17, 15) is 4.79 Å². The Labute approximate surface area is 109 Å². The van der Waals surface area contributed by atoms with Gasteiger partial charge in [0.25, 0.3) is 0 Å². The number of oxime groups is 1. The molecule has 0 aliphatic rings. The molecule has 0 spiro atoms. The molecule has 4 nitrogen and oxygen atoms in total. The molecule has 0 saturated carbocycles. The SMILES string of the molecule is O=C(C(=NO)c1ccncc1Cl)c1ccccc1. The molecule has 0 radical (unpaired) electrons. The Bertz CT molecular complexity index is 597. The Morgan fingerprint density at radius 3 is 2.56 bits per heavy atom. The molecule has 0 bridgehead atoms. The molecule has 1 aromatic heterocycles. The van der Waals surface area contributed by atoms with Gasteiger partial charge in [-0.1, -0.05) is 47.1 Å². The second-order valence-electron chi connectivity index (χ2n) is 3.50. The summed E-state index contributed by atoms with van der Waals surface area (Å²) in [5.41, 5.74) is 0.676. The van der Waals surface area contributed by atoms with Gasteiger partial charge >= 0.3 is 0 Å². The van der Waals surface area contributed by atoms with Crippen LogP contribution in [0.4, 0.5) is 0 Å². The smallest absolute Gasteiger partial charge is 0.215 e. The lowest BCUT2D eigenvalue weighted by Gasteiger charge is -2.05. The van der Waals surface area contributed by atoms with Crippen LogP contribution in [-0.4, -0.2) is 21.7 Å². The summed E-state index contributed by atoms with van der Waals surface area (Å²) in [6.45, 7) is 0. The van der Waals surface area contributed by atoms with Crippen LogP contribution in [-0.2, 0) is 0 Å². The summed E-state index contributed by atoms with van der Waals surface area (Å²) in [5, 5.41) is 12.3. The maximum absolute atomic E-state index is 12.2. The quantitative estimate of drug-likeness (QED) is 0.399. The van der Waals surface area contributed by atoms with Crippen molar-refractivity contribution in [3.05, 3.63) is 64.9 Å². The van der Waals surface area contributed by atoms with Gasteiger partial charge in [-0.05, 0) is 6.07 Å². The first-order valence-electron chi connectivity index (χ1n) is 5.15. The van der Waals surface area contributed by atoms with Crippen molar-refractivity contribution in [1.29, 1.82) is 0 Å². The van der Waals surface area contributed by atoms with Gasteiger partial charge in [0.2, 0.25) is 5.78 Å². The topological polar surface area (TPSA) is 62.5 Å². The highest BCUT2D eigenvalue weighted by atomic mass is 35.5. The van der Waals surface area contributed by atoms with Crippen molar-refractivity contribution in [1.82, 2.24) is 4.98 Å². The number of Topliss-reactive ketones (excluding diaryl/α,β-unsaturated/α-hetero) is 1. The average Bonchev–Trinajstić information content (AvgIpc) is 2.42. The number of nitrogens with zero attached hydrogens (tertiary/aromatic N) is 2. The molecule has 2 aromatic rings. The molecule has 1 N–H and O–H groups in total. The van der Waals surface area contributed by atoms with Gasteiger partial charge in [0, 0.05) is 23.5 Å². The first-order chi connectivity index (χ1) is 8.74. The van der Waals surface area contributed by atoms with E-state index in [4.69, 9.17) is 16.8 Å². The number of carbonyl (C=O) groups excluding carboxylic acids is 1. The summed E-state index contributed by atoms with van der Waals surface area (Å²) < 4.78 is 0. The zero-order chi connectivity index (χ0) is 13.0. The van der Waals surface area contributed by atoms with Gasteiger partial charge in [-0.25, -0.2) is 0 Å². The lowest BCUT2D eigenvalue weighted by atomic mass is 10.0. The van der Waals surface area contributed by atoms with Gasteiger partial charge in [0.05, 0.1) is 5.02 Å². The van der Waals surface area contributed by atoms with E-state index in [1.807, 2.05) is 0 Å². The van der Waals surface area contributed by atoms with E-state index in [2.05, 4.69) is 10.1 Å². The highest BCUT2D eigenvalue weighted by molar-refractivity contribution is 6.53. The Balaban J connectivity index is 2.43.